The molecule has 1 fully saturated rings. The van der Waals surface area contributed by atoms with Crippen molar-refractivity contribution in [1.29, 1.82) is 0 Å². The summed E-state index contributed by atoms with van der Waals surface area (Å²) in [5, 5.41) is 5.10. The first-order valence-electron chi connectivity index (χ1n) is 8.61. The number of rotatable bonds is 7. The van der Waals surface area contributed by atoms with Crippen LogP contribution in [0.2, 0.25) is 0 Å². The van der Waals surface area contributed by atoms with Crippen molar-refractivity contribution < 1.29 is 4.79 Å². The third-order valence-electron chi connectivity index (χ3n) is 4.43. The van der Waals surface area contributed by atoms with Gasteiger partial charge in [0.25, 0.3) is 0 Å². The number of piperazine rings is 1. The monoisotopic (exact) mass is 343 g/mol. The van der Waals surface area contributed by atoms with E-state index >= 15 is 0 Å². The molecule has 1 aliphatic heterocycles. The van der Waals surface area contributed by atoms with Gasteiger partial charge in [-0.25, -0.2) is 0 Å². The molecule has 5 heteroatoms. The largest absolute Gasteiger partial charge is 0.326 e. The predicted molar refractivity (Wildman–Crippen MR) is 101 cm³/mol. The molecule has 1 aromatic heterocycles. The van der Waals surface area contributed by atoms with Crippen molar-refractivity contribution >= 4 is 22.9 Å². The van der Waals surface area contributed by atoms with Crippen molar-refractivity contribution in [3.05, 3.63) is 52.7 Å². The molecule has 24 heavy (non-hydrogen) atoms. The van der Waals surface area contributed by atoms with Gasteiger partial charge in [0.2, 0.25) is 5.91 Å². The average Bonchev–Trinajstić information content (AvgIpc) is 3.13. The Morgan fingerprint density at radius 1 is 0.958 bits per heavy atom. The van der Waals surface area contributed by atoms with Crippen molar-refractivity contribution in [3.8, 4) is 0 Å². The van der Waals surface area contributed by atoms with Gasteiger partial charge in [0.05, 0.1) is 0 Å². The van der Waals surface area contributed by atoms with Gasteiger partial charge in [-0.1, -0.05) is 24.3 Å². The predicted octanol–water partition coefficient (Wildman–Crippen LogP) is 2.94. The van der Waals surface area contributed by atoms with Gasteiger partial charge >= 0.3 is 0 Å². The van der Waals surface area contributed by atoms with E-state index in [1.165, 1.54) is 4.88 Å². The van der Waals surface area contributed by atoms with Crippen LogP contribution in [0.3, 0.4) is 0 Å². The SMILES string of the molecule is O=C(CCN1CCN(CCc2cccs2)CC1)Nc1ccccc1. The molecule has 0 spiro atoms. The minimum absolute atomic E-state index is 0.0984. The van der Waals surface area contributed by atoms with Gasteiger partial charge in [0, 0.05) is 56.3 Å². The van der Waals surface area contributed by atoms with E-state index in [2.05, 4.69) is 32.6 Å². The van der Waals surface area contributed by atoms with Crippen molar-refractivity contribution in [3.63, 3.8) is 0 Å². The second-order valence-corrected chi connectivity index (χ2v) is 7.21. The lowest BCUT2D eigenvalue weighted by molar-refractivity contribution is -0.116. The molecule has 2 heterocycles. The Morgan fingerprint density at radius 3 is 2.33 bits per heavy atom. The maximum atomic E-state index is 12.0. The van der Waals surface area contributed by atoms with Crippen molar-refractivity contribution in [1.82, 2.24) is 9.80 Å². The molecule has 128 valence electrons. The molecule has 2 aromatic rings. The van der Waals surface area contributed by atoms with Crippen LogP contribution in [-0.4, -0.2) is 55.0 Å². The minimum atomic E-state index is 0.0984. The second-order valence-electron chi connectivity index (χ2n) is 6.18. The number of nitrogens with zero attached hydrogens (tertiary/aromatic N) is 2. The Hall–Kier alpha value is -1.69. The highest BCUT2D eigenvalue weighted by molar-refractivity contribution is 7.09. The van der Waals surface area contributed by atoms with Gasteiger partial charge in [-0.3, -0.25) is 4.79 Å². The van der Waals surface area contributed by atoms with E-state index in [9.17, 15) is 4.79 Å². The zero-order valence-corrected chi connectivity index (χ0v) is 14.8. The highest BCUT2D eigenvalue weighted by Crippen LogP contribution is 2.11. The number of thiophene rings is 1. The lowest BCUT2D eigenvalue weighted by Gasteiger charge is -2.34. The topological polar surface area (TPSA) is 35.6 Å². The summed E-state index contributed by atoms with van der Waals surface area (Å²) in [5.74, 6) is 0.0984. The van der Waals surface area contributed by atoms with Crippen LogP contribution < -0.4 is 5.32 Å². The molecule has 0 bridgehead atoms. The summed E-state index contributed by atoms with van der Waals surface area (Å²) in [6.45, 7) is 6.31. The van der Waals surface area contributed by atoms with Gasteiger partial charge in [-0.05, 0) is 30.0 Å². The minimum Gasteiger partial charge on any atom is -0.326 e. The van der Waals surface area contributed by atoms with Gasteiger partial charge in [-0.2, -0.15) is 0 Å². The molecule has 1 saturated heterocycles. The normalized spacial score (nSPS) is 16.2. The van der Waals surface area contributed by atoms with Crippen molar-refractivity contribution in [2.75, 3.05) is 44.6 Å². The number of hydrogen-bond donors (Lipinski definition) is 1. The average molecular weight is 343 g/mol. The molecular weight excluding hydrogens is 318 g/mol. The fourth-order valence-corrected chi connectivity index (χ4v) is 3.66. The van der Waals surface area contributed by atoms with Gasteiger partial charge in [0.15, 0.2) is 0 Å². The first-order chi connectivity index (χ1) is 11.8. The number of nitrogens with one attached hydrogen (secondary N) is 1. The summed E-state index contributed by atoms with van der Waals surface area (Å²) in [6, 6.07) is 14.0. The van der Waals surface area contributed by atoms with Crippen LogP contribution in [0.25, 0.3) is 0 Å². The summed E-state index contributed by atoms with van der Waals surface area (Å²) in [5.41, 5.74) is 0.876. The molecule has 0 radical (unpaired) electrons. The van der Waals surface area contributed by atoms with E-state index in [4.69, 9.17) is 0 Å². The van der Waals surface area contributed by atoms with Crippen LogP contribution in [-0.2, 0) is 11.2 Å². The van der Waals surface area contributed by atoms with E-state index in [0.717, 1.165) is 51.4 Å². The van der Waals surface area contributed by atoms with E-state index in [1.807, 2.05) is 41.7 Å². The quantitative estimate of drug-likeness (QED) is 0.840. The molecule has 1 aromatic carbocycles. The number of hydrogen-bond acceptors (Lipinski definition) is 4. The Labute approximate surface area is 148 Å². The van der Waals surface area contributed by atoms with Crippen LogP contribution in [0, 0.1) is 0 Å². The summed E-state index contributed by atoms with van der Waals surface area (Å²) >= 11 is 1.84. The van der Waals surface area contributed by atoms with Gasteiger partial charge in [-0.15, -0.1) is 11.3 Å². The maximum absolute atomic E-state index is 12.0. The van der Waals surface area contributed by atoms with Gasteiger partial charge < -0.3 is 15.1 Å². The Bertz CT molecular complexity index is 607. The molecule has 0 unspecified atom stereocenters. The smallest absolute Gasteiger partial charge is 0.225 e. The molecule has 0 saturated carbocycles. The van der Waals surface area contributed by atoms with Crippen LogP contribution in [0.4, 0.5) is 5.69 Å². The van der Waals surface area contributed by atoms with E-state index < -0.39 is 0 Å². The van der Waals surface area contributed by atoms with Crippen LogP contribution in [0.15, 0.2) is 47.8 Å². The van der Waals surface area contributed by atoms with Crippen molar-refractivity contribution in [2.45, 2.75) is 12.8 Å². The number of para-hydroxylation sites is 1. The van der Waals surface area contributed by atoms with Crippen LogP contribution >= 0.6 is 11.3 Å². The highest BCUT2D eigenvalue weighted by atomic mass is 32.1. The third-order valence-corrected chi connectivity index (χ3v) is 5.37. The first-order valence-corrected chi connectivity index (χ1v) is 9.49. The fraction of sp³-hybridized carbons (Fsp3) is 0.421. The molecular formula is C19H25N3OS. The van der Waals surface area contributed by atoms with E-state index in [1.54, 1.807) is 0 Å². The molecule has 3 rings (SSSR count). The summed E-state index contributed by atoms with van der Waals surface area (Å²) < 4.78 is 0. The zero-order valence-electron chi connectivity index (χ0n) is 14.0. The lowest BCUT2D eigenvalue weighted by atomic mass is 10.2. The highest BCUT2D eigenvalue weighted by Gasteiger charge is 2.17. The maximum Gasteiger partial charge on any atom is 0.225 e. The Kier molecular flexibility index (Phi) is 6.41. The summed E-state index contributed by atoms with van der Waals surface area (Å²) in [4.78, 5) is 18.4. The molecule has 1 N–H and O–H groups in total. The number of carbonyl (C=O) groups excluding carboxylic acids is 1. The van der Waals surface area contributed by atoms with E-state index in [0.29, 0.717) is 6.42 Å². The molecule has 1 amide bonds. The number of carbonyl (C=O) groups is 1. The number of benzene rings is 1. The molecule has 1 aliphatic rings. The van der Waals surface area contributed by atoms with E-state index in [-0.39, 0.29) is 5.91 Å². The molecule has 4 nitrogen and oxygen atoms in total. The number of anilines is 1. The van der Waals surface area contributed by atoms with Crippen LogP contribution in [0.1, 0.15) is 11.3 Å². The standard InChI is InChI=1S/C19H25N3OS/c23-19(20-17-5-2-1-3-6-17)9-11-22-14-12-21(13-15-22)10-8-18-7-4-16-24-18/h1-7,16H,8-15H2,(H,20,23). The number of amides is 1. The zero-order chi connectivity index (χ0) is 16.6. The van der Waals surface area contributed by atoms with Crippen molar-refractivity contribution in [2.24, 2.45) is 0 Å². The third kappa shape index (κ3) is 5.44. The Morgan fingerprint density at radius 2 is 1.67 bits per heavy atom. The lowest BCUT2D eigenvalue weighted by Crippen LogP contribution is -2.47. The Balaban J connectivity index is 1.31. The van der Waals surface area contributed by atoms with Gasteiger partial charge in [0.1, 0.15) is 0 Å². The molecule has 0 aliphatic carbocycles. The fourth-order valence-electron chi connectivity index (χ4n) is 2.96. The summed E-state index contributed by atoms with van der Waals surface area (Å²) in [7, 11) is 0. The first kappa shape index (κ1) is 17.1. The van der Waals surface area contributed by atoms with Crippen LogP contribution in [0.5, 0.6) is 0 Å². The second kappa shape index (κ2) is 8.97. The summed E-state index contributed by atoms with van der Waals surface area (Å²) in [6.07, 6.45) is 1.71. The molecule has 0 atom stereocenters.